The molecule has 9 heteroatoms. The van der Waals surface area contributed by atoms with Crippen LogP contribution in [0.5, 0.6) is 6.01 Å². The molecule has 0 aliphatic heterocycles. The molecule has 0 aliphatic carbocycles. The number of methoxy groups -OCH3 is 1. The summed E-state index contributed by atoms with van der Waals surface area (Å²) in [7, 11) is 1.58. The van der Waals surface area contributed by atoms with Crippen molar-refractivity contribution in [1.82, 2.24) is 24.1 Å². The van der Waals surface area contributed by atoms with E-state index < -0.39 is 0 Å². The van der Waals surface area contributed by atoms with Crippen LogP contribution in [0.1, 0.15) is 11.3 Å². The Balaban J connectivity index is 1.99. The van der Waals surface area contributed by atoms with Crippen LogP contribution in [0.25, 0.3) is 5.78 Å². The molecule has 126 valence electrons. The van der Waals surface area contributed by atoms with Crippen molar-refractivity contribution in [3.8, 4) is 6.01 Å². The zero-order valence-electron chi connectivity index (χ0n) is 13.3. The van der Waals surface area contributed by atoms with Gasteiger partial charge in [-0.15, -0.1) is 5.10 Å². The van der Waals surface area contributed by atoms with Gasteiger partial charge >= 0.3 is 6.01 Å². The van der Waals surface area contributed by atoms with Gasteiger partial charge < -0.3 is 14.0 Å². The average Bonchev–Trinajstić information content (AvgIpc) is 2.98. The molecule has 0 spiro atoms. The Morgan fingerprint density at radius 3 is 2.83 bits per heavy atom. The second-order valence-electron chi connectivity index (χ2n) is 5.15. The second kappa shape index (κ2) is 6.98. The summed E-state index contributed by atoms with van der Waals surface area (Å²) in [4.78, 5) is 20.5. The van der Waals surface area contributed by atoms with E-state index >= 15 is 0 Å². The van der Waals surface area contributed by atoms with Gasteiger partial charge in [-0.05, 0) is 18.6 Å². The maximum atomic E-state index is 12.1. The van der Waals surface area contributed by atoms with E-state index in [1.54, 1.807) is 19.4 Å². The summed E-state index contributed by atoms with van der Waals surface area (Å²) in [6, 6.07) is 5.23. The van der Waals surface area contributed by atoms with Crippen molar-refractivity contribution in [3.63, 3.8) is 0 Å². The first-order valence-electron chi connectivity index (χ1n) is 7.28. The molecule has 0 unspecified atom stereocenters. The van der Waals surface area contributed by atoms with Crippen LogP contribution in [-0.2, 0) is 11.3 Å². The van der Waals surface area contributed by atoms with Crippen LogP contribution >= 0.6 is 11.6 Å². The fourth-order valence-corrected chi connectivity index (χ4v) is 2.35. The fraction of sp³-hybridized carbons (Fsp3) is 0.333. The monoisotopic (exact) mass is 349 g/mol. The number of hydrogen-bond acceptors (Lipinski definition) is 6. The van der Waals surface area contributed by atoms with Gasteiger partial charge in [0.2, 0.25) is 5.78 Å². The molecule has 8 nitrogen and oxygen atoms in total. The topological polar surface area (TPSA) is 83.5 Å². The molecule has 3 aromatic rings. The molecular weight excluding hydrogens is 334 g/mol. The summed E-state index contributed by atoms with van der Waals surface area (Å²) in [5.74, 6) is 0.405. The number of rotatable bonds is 6. The lowest BCUT2D eigenvalue weighted by Crippen LogP contribution is -2.20. The summed E-state index contributed by atoms with van der Waals surface area (Å²) in [5.41, 5.74) is 1.43. The van der Waals surface area contributed by atoms with Gasteiger partial charge in [0, 0.05) is 25.1 Å². The fourth-order valence-electron chi connectivity index (χ4n) is 2.24. The highest BCUT2D eigenvalue weighted by atomic mass is 35.5. The van der Waals surface area contributed by atoms with Crippen LogP contribution in [0.4, 0.5) is 0 Å². The first kappa shape index (κ1) is 16.4. The first-order valence-corrected chi connectivity index (χ1v) is 7.65. The van der Waals surface area contributed by atoms with Crippen molar-refractivity contribution in [3.05, 3.63) is 51.2 Å². The molecule has 0 radical (unpaired) electrons. The molecule has 0 bridgehead atoms. The Labute approximate surface area is 142 Å². The molecule has 0 atom stereocenters. The number of halogens is 1. The van der Waals surface area contributed by atoms with Crippen molar-refractivity contribution < 1.29 is 9.47 Å². The summed E-state index contributed by atoms with van der Waals surface area (Å²) in [5, 5.41) is 4.53. The van der Waals surface area contributed by atoms with Crippen molar-refractivity contribution >= 4 is 17.4 Å². The normalized spacial score (nSPS) is 11.1. The summed E-state index contributed by atoms with van der Waals surface area (Å²) < 4.78 is 13.4. The minimum Gasteiger partial charge on any atom is -0.460 e. The Kier molecular flexibility index (Phi) is 4.77. The Morgan fingerprint density at radius 1 is 1.29 bits per heavy atom. The minimum absolute atomic E-state index is 0.137. The summed E-state index contributed by atoms with van der Waals surface area (Å²) in [6.07, 6.45) is 1.68. The number of aromatic nitrogens is 5. The van der Waals surface area contributed by atoms with Gasteiger partial charge in [0.05, 0.1) is 13.2 Å². The number of pyridine rings is 1. The average molecular weight is 350 g/mol. The van der Waals surface area contributed by atoms with Gasteiger partial charge in [-0.1, -0.05) is 17.7 Å². The summed E-state index contributed by atoms with van der Waals surface area (Å²) >= 11 is 5.81. The van der Waals surface area contributed by atoms with Crippen LogP contribution in [0.3, 0.4) is 0 Å². The number of aryl methyl sites for hydroxylation is 1. The lowest BCUT2D eigenvalue weighted by molar-refractivity contribution is 0.141. The zero-order valence-corrected chi connectivity index (χ0v) is 14.0. The van der Waals surface area contributed by atoms with Gasteiger partial charge in [0.15, 0.2) is 0 Å². The SMILES string of the molecule is COCCOc1nc2n(Cc3ccc(Cl)nc3)c(C)cc(=O)n2n1. The Hall–Kier alpha value is -2.45. The zero-order chi connectivity index (χ0) is 17.1. The van der Waals surface area contributed by atoms with Crippen molar-refractivity contribution in [1.29, 1.82) is 0 Å². The van der Waals surface area contributed by atoms with Gasteiger partial charge in [-0.25, -0.2) is 4.98 Å². The highest BCUT2D eigenvalue weighted by Crippen LogP contribution is 2.12. The van der Waals surface area contributed by atoms with Crippen molar-refractivity contribution in [2.24, 2.45) is 0 Å². The van der Waals surface area contributed by atoms with Crippen LogP contribution in [-0.4, -0.2) is 44.5 Å². The van der Waals surface area contributed by atoms with E-state index in [1.165, 1.54) is 10.6 Å². The lowest BCUT2D eigenvalue weighted by Gasteiger charge is -2.11. The standard InChI is InChI=1S/C15H16ClN5O3/c1-10-7-13(22)21-15(18-14(19-21)24-6-5-23-2)20(10)9-11-3-4-12(16)17-8-11/h3-4,7-8H,5-6,9H2,1-2H3. The largest absolute Gasteiger partial charge is 0.460 e. The van der Waals surface area contributed by atoms with Gasteiger partial charge in [-0.2, -0.15) is 9.50 Å². The second-order valence-corrected chi connectivity index (χ2v) is 5.53. The molecule has 0 fully saturated rings. The van der Waals surface area contributed by atoms with E-state index in [0.717, 1.165) is 11.3 Å². The maximum Gasteiger partial charge on any atom is 0.337 e. The lowest BCUT2D eigenvalue weighted by atomic mass is 10.3. The molecule has 0 aliphatic rings. The number of fused-ring (bicyclic) bond motifs is 1. The van der Waals surface area contributed by atoms with E-state index in [0.29, 0.717) is 30.7 Å². The predicted octanol–water partition coefficient (Wildman–Crippen LogP) is 1.32. The molecule has 0 N–H and O–H groups in total. The van der Waals surface area contributed by atoms with Crippen molar-refractivity contribution in [2.75, 3.05) is 20.3 Å². The molecule has 3 heterocycles. The highest BCUT2D eigenvalue weighted by molar-refractivity contribution is 6.29. The number of ether oxygens (including phenoxy) is 2. The Bertz CT molecular complexity index is 904. The van der Waals surface area contributed by atoms with E-state index in [9.17, 15) is 4.79 Å². The molecule has 0 amide bonds. The molecule has 3 rings (SSSR count). The Morgan fingerprint density at radius 2 is 2.12 bits per heavy atom. The van der Waals surface area contributed by atoms with Gasteiger partial charge in [0.25, 0.3) is 5.56 Å². The third-order valence-electron chi connectivity index (χ3n) is 3.43. The van der Waals surface area contributed by atoms with E-state index in [-0.39, 0.29) is 11.6 Å². The van der Waals surface area contributed by atoms with Crippen LogP contribution in [0.2, 0.25) is 5.15 Å². The molecule has 0 aromatic carbocycles. The van der Waals surface area contributed by atoms with Crippen molar-refractivity contribution in [2.45, 2.75) is 13.5 Å². The quantitative estimate of drug-likeness (QED) is 0.493. The van der Waals surface area contributed by atoms with E-state index in [2.05, 4.69) is 15.1 Å². The first-order chi connectivity index (χ1) is 11.6. The summed E-state index contributed by atoms with van der Waals surface area (Å²) in [6.45, 7) is 3.04. The van der Waals surface area contributed by atoms with Crippen LogP contribution in [0, 0.1) is 6.92 Å². The smallest absolute Gasteiger partial charge is 0.337 e. The van der Waals surface area contributed by atoms with Crippen LogP contribution in [0.15, 0.2) is 29.2 Å². The minimum atomic E-state index is -0.262. The van der Waals surface area contributed by atoms with E-state index in [1.807, 2.05) is 17.6 Å². The molecule has 3 aromatic heterocycles. The maximum absolute atomic E-state index is 12.1. The predicted molar refractivity (Wildman–Crippen MR) is 87.7 cm³/mol. The third-order valence-corrected chi connectivity index (χ3v) is 3.65. The molecule has 0 saturated carbocycles. The third kappa shape index (κ3) is 3.39. The van der Waals surface area contributed by atoms with Gasteiger partial charge in [0.1, 0.15) is 11.8 Å². The molecular formula is C15H16ClN5O3. The number of hydrogen-bond donors (Lipinski definition) is 0. The molecule has 24 heavy (non-hydrogen) atoms. The van der Waals surface area contributed by atoms with Gasteiger partial charge in [-0.3, -0.25) is 4.79 Å². The van der Waals surface area contributed by atoms with Crippen LogP contribution < -0.4 is 10.3 Å². The van der Waals surface area contributed by atoms with E-state index in [4.69, 9.17) is 21.1 Å². The number of nitrogens with zero attached hydrogens (tertiary/aromatic N) is 5. The molecule has 0 saturated heterocycles. The highest BCUT2D eigenvalue weighted by Gasteiger charge is 2.13.